The van der Waals surface area contributed by atoms with Crippen molar-refractivity contribution < 1.29 is 9.84 Å². The molecular weight excluding hydrogens is 280 g/mol. The lowest BCUT2D eigenvalue weighted by molar-refractivity contribution is 0.278. The molecule has 2 aromatic carbocycles. The zero-order valence-corrected chi connectivity index (χ0v) is 10.9. The molecule has 0 fully saturated rings. The quantitative estimate of drug-likeness (QED) is 0.934. The highest BCUT2D eigenvalue weighted by atomic mass is 79.9. The molecule has 0 saturated carbocycles. The summed E-state index contributed by atoms with van der Waals surface area (Å²) < 4.78 is 6.58. The molecule has 0 saturated heterocycles. The van der Waals surface area contributed by atoms with E-state index in [1.54, 1.807) is 0 Å². The molecule has 0 aliphatic carbocycles. The van der Waals surface area contributed by atoms with E-state index in [0.29, 0.717) is 6.61 Å². The first-order valence-electron chi connectivity index (χ1n) is 5.35. The van der Waals surface area contributed by atoms with Gasteiger partial charge in [-0.25, -0.2) is 0 Å². The number of rotatable bonds is 4. The smallest absolute Gasteiger partial charge is 0.121 e. The third-order valence-corrected chi connectivity index (χ3v) is 2.82. The predicted molar refractivity (Wildman–Crippen MR) is 70.8 cm³/mol. The van der Waals surface area contributed by atoms with Crippen LogP contribution in [0.2, 0.25) is 0 Å². The summed E-state index contributed by atoms with van der Waals surface area (Å²) >= 11 is 3.39. The van der Waals surface area contributed by atoms with Gasteiger partial charge in [0, 0.05) is 4.47 Å². The van der Waals surface area contributed by atoms with E-state index in [1.807, 2.05) is 48.5 Å². The number of aliphatic hydroxyl groups is 1. The van der Waals surface area contributed by atoms with E-state index in [1.165, 1.54) is 0 Å². The topological polar surface area (TPSA) is 29.5 Å². The lowest BCUT2D eigenvalue weighted by Gasteiger charge is -2.08. The Hall–Kier alpha value is -1.32. The highest BCUT2D eigenvalue weighted by Crippen LogP contribution is 2.22. The van der Waals surface area contributed by atoms with E-state index in [-0.39, 0.29) is 6.61 Å². The highest BCUT2D eigenvalue weighted by Gasteiger charge is 2.00. The van der Waals surface area contributed by atoms with Crippen LogP contribution in [-0.2, 0) is 13.2 Å². The Balaban J connectivity index is 2.06. The van der Waals surface area contributed by atoms with Crippen molar-refractivity contribution in [1.82, 2.24) is 0 Å². The van der Waals surface area contributed by atoms with E-state index >= 15 is 0 Å². The van der Waals surface area contributed by atoms with Crippen LogP contribution in [0, 0.1) is 0 Å². The van der Waals surface area contributed by atoms with Crippen molar-refractivity contribution in [2.45, 2.75) is 13.2 Å². The fourth-order valence-electron chi connectivity index (χ4n) is 1.54. The van der Waals surface area contributed by atoms with Gasteiger partial charge in [-0.05, 0) is 29.3 Å². The van der Waals surface area contributed by atoms with Crippen LogP contribution in [-0.4, -0.2) is 5.11 Å². The largest absolute Gasteiger partial charge is 0.489 e. The van der Waals surface area contributed by atoms with Gasteiger partial charge in [0.15, 0.2) is 0 Å². The van der Waals surface area contributed by atoms with E-state index in [2.05, 4.69) is 15.9 Å². The molecule has 0 amide bonds. The summed E-state index contributed by atoms with van der Waals surface area (Å²) in [5.74, 6) is 0.757. The summed E-state index contributed by atoms with van der Waals surface area (Å²) in [5.41, 5.74) is 1.96. The van der Waals surface area contributed by atoms with Crippen LogP contribution in [0.1, 0.15) is 11.1 Å². The first-order chi connectivity index (χ1) is 8.28. The standard InChI is InChI=1S/C14H13BrO2/c15-13-6-12(9-16)7-14(8-13)17-10-11-4-2-1-3-5-11/h1-8,16H,9-10H2. The number of hydrogen-bond donors (Lipinski definition) is 1. The van der Waals surface area contributed by atoms with E-state index in [4.69, 9.17) is 9.84 Å². The molecule has 2 nitrogen and oxygen atoms in total. The Morgan fingerprint density at radius 1 is 1.00 bits per heavy atom. The molecule has 0 radical (unpaired) electrons. The van der Waals surface area contributed by atoms with Crippen molar-refractivity contribution in [3.8, 4) is 5.75 Å². The lowest BCUT2D eigenvalue weighted by Crippen LogP contribution is -1.96. The molecule has 0 atom stereocenters. The summed E-state index contributed by atoms with van der Waals surface area (Å²) in [5, 5.41) is 9.10. The second-order valence-electron chi connectivity index (χ2n) is 3.73. The Morgan fingerprint density at radius 3 is 2.47 bits per heavy atom. The number of aliphatic hydroxyl groups excluding tert-OH is 1. The molecule has 0 bridgehead atoms. The van der Waals surface area contributed by atoms with Crippen molar-refractivity contribution in [3.63, 3.8) is 0 Å². The zero-order valence-electron chi connectivity index (χ0n) is 9.27. The minimum absolute atomic E-state index is 0.0150. The highest BCUT2D eigenvalue weighted by molar-refractivity contribution is 9.10. The van der Waals surface area contributed by atoms with E-state index in [0.717, 1.165) is 21.3 Å². The van der Waals surface area contributed by atoms with E-state index in [9.17, 15) is 0 Å². The molecular formula is C14H13BrO2. The molecule has 88 valence electrons. The van der Waals surface area contributed by atoms with Gasteiger partial charge in [0.1, 0.15) is 12.4 Å². The maximum atomic E-state index is 9.10. The third-order valence-electron chi connectivity index (χ3n) is 2.36. The van der Waals surface area contributed by atoms with Crippen LogP contribution >= 0.6 is 15.9 Å². The number of hydrogen-bond acceptors (Lipinski definition) is 2. The summed E-state index contributed by atoms with van der Waals surface area (Å²) in [6, 6.07) is 15.6. The van der Waals surface area contributed by atoms with Crippen molar-refractivity contribution >= 4 is 15.9 Å². The van der Waals surface area contributed by atoms with Crippen LogP contribution < -0.4 is 4.74 Å². The van der Waals surface area contributed by atoms with Gasteiger partial charge in [0.2, 0.25) is 0 Å². The number of halogens is 1. The van der Waals surface area contributed by atoms with Gasteiger partial charge in [0.25, 0.3) is 0 Å². The predicted octanol–water partition coefficient (Wildman–Crippen LogP) is 3.52. The summed E-state index contributed by atoms with van der Waals surface area (Å²) in [7, 11) is 0. The van der Waals surface area contributed by atoms with Gasteiger partial charge in [0.05, 0.1) is 6.61 Å². The van der Waals surface area contributed by atoms with Gasteiger partial charge in [-0.1, -0.05) is 46.3 Å². The minimum atomic E-state index is 0.0150. The SMILES string of the molecule is OCc1cc(Br)cc(OCc2ccccc2)c1. The number of benzene rings is 2. The molecule has 2 rings (SSSR count). The Labute approximate surface area is 109 Å². The summed E-state index contributed by atoms with van der Waals surface area (Å²) in [4.78, 5) is 0. The van der Waals surface area contributed by atoms with Gasteiger partial charge in [-0.3, -0.25) is 0 Å². The Morgan fingerprint density at radius 2 is 1.76 bits per heavy atom. The average Bonchev–Trinajstić information content (AvgIpc) is 2.37. The van der Waals surface area contributed by atoms with Gasteiger partial charge in [-0.15, -0.1) is 0 Å². The third kappa shape index (κ3) is 3.58. The first kappa shape index (κ1) is 12.1. The fraction of sp³-hybridized carbons (Fsp3) is 0.143. The molecule has 17 heavy (non-hydrogen) atoms. The van der Waals surface area contributed by atoms with E-state index < -0.39 is 0 Å². The molecule has 0 spiro atoms. The molecule has 1 N–H and O–H groups in total. The fourth-order valence-corrected chi connectivity index (χ4v) is 2.06. The summed E-state index contributed by atoms with van der Waals surface area (Å²) in [6.45, 7) is 0.545. The van der Waals surface area contributed by atoms with Crippen LogP contribution in [0.15, 0.2) is 53.0 Å². The van der Waals surface area contributed by atoms with Gasteiger partial charge in [-0.2, -0.15) is 0 Å². The lowest BCUT2D eigenvalue weighted by atomic mass is 10.2. The van der Waals surface area contributed by atoms with Crippen LogP contribution in [0.25, 0.3) is 0 Å². The normalized spacial score (nSPS) is 10.2. The second kappa shape index (κ2) is 5.84. The molecule has 3 heteroatoms. The average molecular weight is 293 g/mol. The number of ether oxygens (including phenoxy) is 1. The van der Waals surface area contributed by atoms with Gasteiger partial charge < -0.3 is 9.84 Å². The molecule has 2 aromatic rings. The van der Waals surface area contributed by atoms with Crippen molar-refractivity contribution in [1.29, 1.82) is 0 Å². The van der Waals surface area contributed by atoms with Crippen molar-refractivity contribution in [2.75, 3.05) is 0 Å². The molecule has 0 aromatic heterocycles. The molecule has 0 aliphatic heterocycles. The van der Waals surface area contributed by atoms with Gasteiger partial charge >= 0.3 is 0 Å². The van der Waals surface area contributed by atoms with Crippen LogP contribution in [0.5, 0.6) is 5.75 Å². The van der Waals surface area contributed by atoms with Crippen LogP contribution in [0.4, 0.5) is 0 Å². The monoisotopic (exact) mass is 292 g/mol. The first-order valence-corrected chi connectivity index (χ1v) is 6.14. The van der Waals surface area contributed by atoms with Crippen LogP contribution in [0.3, 0.4) is 0 Å². The molecule has 0 aliphatic rings. The molecule has 0 heterocycles. The maximum absolute atomic E-state index is 9.10. The summed E-state index contributed by atoms with van der Waals surface area (Å²) in [6.07, 6.45) is 0. The Bertz CT molecular complexity index is 483. The second-order valence-corrected chi connectivity index (χ2v) is 4.64. The molecule has 0 unspecified atom stereocenters. The Kier molecular flexibility index (Phi) is 4.18. The maximum Gasteiger partial charge on any atom is 0.121 e. The van der Waals surface area contributed by atoms with Crippen molar-refractivity contribution in [3.05, 3.63) is 64.1 Å². The minimum Gasteiger partial charge on any atom is -0.489 e. The zero-order chi connectivity index (χ0) is 12.1. The van der Waals surface area contributed by atoms with Crippen molar-refractivity contribution in [2.24, 2.45) is 0 Å².